The minimum absolute atomic E-state index is 0.920. The van der Waals surface area contributed by atoms with E-state index in [9.17, 15) is 0 Å². The van der Waals surface area contributed by atoms with Gasteiger partial charge < -0.3 is 10.2 Å². The predicted octanol–water partition coefficient (Wildman–Crippen LogP) is 3.70. The van der Waals surface area contributed by atoms with Crippen molar-refractivity contribution in [2.24, 2.45) is 5.84 Å². The molecule has 1 heterocycles. The molecule has 0 aliphatic rings. The zero-order chi connectivity index (χ0) is 15.1. The van der Waals surface area contributed by atoms with Crippen LogP contribution in [0.15, 0.2) is 23.6 Å². The molecule has 0 spiro atoms. The Bertz CT molecular complexity index is 568. The van der Waals surface area contributed by atoms with Crippen molar-refractivity contribution in [3.05, 3.63) is 39.8 Å². The molecular formula is C16H23N3OS. The fourth-order valence-electron chi connectivity index (χ4n) is 2.39. The fraction of sp³-hybridized carbons (Fsp3) is 0.438. The van der Waals surface area contributed by atoms with Crippen molar-refractivity contribution in [3.63, 3.8) is 0 Å². The van der Waals surface area contributed by atoms with Crippen LogP contribution in [0.2, 0.25) is 0 Å². The number of ether oxygens (including phenoxy) is 1. The van der Waals surface area contributed by atoms with E-state index < -0.39 is 0 Å². The smallest absolute Gasteiger partial charge is 0.122 e. The molecule has 2 aromatic rings. The number of nitrogens with two attached hydrogens (primary N) is 1. The molecule has 114 valence electrons. The van der Waals surface area contributed by atoms with Crippen molar-refractivity contribution in [3.8, 4) is 5.75 Å². The monoisotopic (exact) mass is 305 g/mol. The minimum atomic E-state index is 0.920. The number of aryl methyl sites for hydroxylation is 3. The Kier molecular flexibility index (Phi) is 6.02. The molecule has 21 heavy (non-hydrogen) atoms. The van der Waals surface area contributed by atoms with Gasteiger partial charge in [0.25, 0.3) is 0 Å². The maximum atomic E-state index is 5.46. The van der Waals surface area contributed by atoms with E-state index in [1.807, 2.05) is 12.1 Å². The van der Waals surface area contributed by atoms with Gasteiger partial charge in [0.1, 0.15) is 5.75 Å². The normalized spacial score (nSPS) is 10.6. The van der Waals surface area contributed by atoms with Crippen LogP contribution in [0.25, 0.3) is 0 Å². The number of unbranched alkanes of at least 4 members (excludes halogenated alkanes) is 2. The zero-order valence-electron chi connectivity index (χ0n) is 12.7. The van der Waals surface area contributed by atoms with Gasteiger partial charge in [0.15, 0.2) is 0 Å². The van der Waals surface area contributed by atoms with Crippen molar-refractivity contribution < 1.29 is 4.74 Å². The lowest BCUT2D eigenvalue weighted by Crippen LogP contribution is -2.07. The summed E-state index contributed by atoms with van der Waals surface area (Å²) >= 11 is 1.73. The molecule has 5 heteroatoms. The third-order valence-corrected chi connectivity index (χ3v) is 4.31. The summed E-state index contributed by atoms with van der Waals surface area (Å²) < 4.78 is 5.40. The molecule has 0 radical (unpaired) electrons. The number of anilines is 1. The summed E-state index contributed by atoms with van der Waals surface area (Å²) in [7, 11) is 1.71. The second-order valence-corrected chi connectivity index (χ2v) is 6.15. The lowest BCUT2D eigenvalue weighted by Gasteiger charge is -2.10. The molecule has 4 nitrogen and oxygen atoms in total. The van der Waals surface area contributed by atoms with Gasteiger partial charge in [-0.2, -0.15) is 0 Å². The summed E-state index contributed by atoms with van der Waals surface area (Å²) in [6, 6.07) is 5.94. The van der Waals surface area contributed by atoms with Gasteiger partial charge >= 0.3 is 0 Å². The number of aromatic nitrogens is 1. The number of benzene rings is 1. The summed E-state index contributed by atoms with van der Waals surface area (Å²) in [6.07, 6.45) is 5.61. The number of thiazole rings is 1. The molecule has 1 aromatic heterocycles. The molecule has 2 rings (SSSR count). The first-order valence-corrected chi connectivity index (χ1v) is 8.15. The molecule has 0 unspecified atom stereocenters. The number of hydrogen-bond donors (Lipinski definition) is 2. The van der Waals surface area contributed by atoms with Crippen LogP contribution in [0.4, 0.5) is 5.69 Å². The van der Waals surface area contributed by atoms with E-state index in [4.69, 9.17) is 10.6 Å². The largest absolute Gasteiger partial charge is 0.496 e. The Morgan fingerprint density at radius 1 is 1.24 bits per heavy atom. The van der Waals surface area contributed by atoms with Gasteiger partial charge in [-0.05, 0) is 56.4 Å². The molecule has 0 aliphatic carbocycles. The Morgan fingerprint density at radius 2 is 2.05 bits per heavy atom. The Hall–Kier alpha value is -1.59. The van der Waals surface area contributed by atoms with Crippen LogP contribution in [0, 0.1) is 6.92 Å². The summed E-state index contributed by atoms with van der Waals surface area (Å²) in [6.45, 7) is 2.05. The average molecular weight is 305 g/mol. The molecule has 0 saturated heterocycles. The average Bonchev–Trinajstić information content (AvgIpc) is 2.92. The minimum Gasteiger partial charge on any atom is -0.496 e. The first-order chi connectivity index (χ1) is 10.2. The van der Waals surface area contributed by atoms with E-state index in [1.54, 1.807) is 18.4 Å². The number of methoxy groups -OCH3 is 1. The van der Waals surface area contributed by atoms with Crippen molar-refractivity contribution in [2.75, 3.05) is 12.5 Å². The first kappa shape index (κ1) is 15.8. The van der Waals surface area contributed by atoms with E-state index in [0.717, 1.165) is 35.7 Å². The highest BCUT2D eigenvalue weighted by atomic mass is 32.1. The summed E-state index contributed by atoms with van der Waals surface area (Å²) in [4.78, 5) is 4.49. The van der Waals surface area contributed by atoms with Crippen LogP contribution in [0.5, 0.6) is 5.75 Å². The molecule has 0 amide bonds. The topological polar surface area (TPSA) is 60.2 Å². The predicted molar refractivity (Wildman–Crippen MR) is 88.9 cm³/mol. The Labute approximate surface area is 130 Å². The third kappa shape index (κ3) is 4.72. The summed E-state index contributed by atoms with van der Waals surface area (Å²) in [5.41, 5.74) is 6.03. The van der Waals surface area contributed by atoms with Gasteiger partial charge in [-0.25, -0.2) is 4.98 Å². The van der Waals surface area contributed by atoms with Gasteiger partial charge in [-0.1, -0.05) is 6.42 Å². The zero-order valence-corrected chi connectivity index (χ0v) is 13.5. The van der Waals surface area contributed by atoms with Crippen molar-refractivity contribution in [1.82, 2.24) is 4.98 Å². The van der Waals surface area contributed by atoms with Crippen LogP contribution in [-0.4, -0.2) is 12.1 Å². The SMILES string of the molecule is COc1ccc(NN)cc1CCCCCc1csc(C)n1. The van der Waals surface area contributed by atoms with Crippen LogP contribution >= 0.6 is 11.3 Å². The number of nitrogens with one attached hydrogen (secondary N) is 1. The van der Waals surface area contributed by atoms with E-state index in [2.05, 4.69) is 28.8 Å². The highest BCUT2D eigenvalue weighted by Gasteiger charge is 2.04. The second kappa shape index (κ2) is 8.00. The van der Waals surface area contributed by atoms with Crippen LogP contribution in [0.3, 0.4) is 0 Å². The van der Waals surface area contributed by atoms with Crippen molar-refractivity contribution in [1.29, 1.82) is 0 Å². The van der Waals surface area contributed by atoms with Crippen LogP contribution < -0.4 is 16.0 Å². The van der Waals surface area contributed by atoms with Crippen LogP contribution in [0.1, 0.15) is 35.5 Å². The van der Waals surface area contributed by atoms with Crippen molar-refractivity contribution in [2.45, 2.75) is 39.0 Å². The van der Waals surface area contributed by atoms with Crippen molar-refractivity contribution >= 4 is 17.0 Å². The van der Waals surface area contributed by atoms with Gasteiger partial charge in [-0.15, -0.1) is 11.3 Å². The number of hydrazine groups is 1. The molecular weight excluding hydrogens is 282 g/mol. The highest BCUT2D eigenvalue weighted by molar-refractivity contribution is 7.09. The van der Waals surface area contributed by atoms with Gasteiger partial charge in [0.2, 0.25) is 0 Å². The second-order valence-electron chi connectivity index (χ2n) is 5.09. The van der Waals surface area contributed by atoms with E-state index in [1.165, 1.54) is 24.1 Å². The van der Waals surface area contributed by atoms with E-state index in [0.29, 0.717) is 0 Å². The van der Waals surface area contributed by atoms with Gasteiger partial charge in [0.05, 0.1) is 17.8 Å². The third-order valence-electron chi connectivity index (χ3n) is 3.49. The number of rotatable bonds is 8. The molecule has 1 aromatic carbocycles. The Balaban J connectivity index is 1.77. The summed E-state index contributed by atoms with van der Waals surface area (Å²) in [5, 5.41) is 3.32. The fourth-order valence-corrected chi connectivity index (χ4v) is 3.03. The van der Waals surface area contributed by atoms with E-state index in [-0.39, 0.29) is 0 Å². The molecule has 0 saturated carbocycles. The van der Waals surface area contributed by atoms with E-state index >= 15 is 0 Å². The Morgan fingerprint density at radius 3 is 2.71 bits per heavy atom. The molecule has 0 atom stereocenters. The standard InChI is InChI=1S/C16H23N3OS/c1-12-18-15(11-21-12)7-5-3-4-6-13-10-14(19-17)8-9-16(13)20-2/h8-11,19H,3-7,17H2,1-2H3. The van der Waals surface area contributed by atoms with Gasteiger partial charge in [-0.3, -0.25) is 5.84 Å². The molecule has 0 aliphatic heterocycles. The first-order valence-electron chi connectivity index (χ1n) is 7.27. The molecule has 0 bridgehead atoms. The highest BCUT2D eigenvalue weighted by Crippen LogP contribution is 2.24. The lowest BCUT2D eigenvalue weighted by molar-refractivity contribution is 0.409. The maximum absolute atomic E-state index is 5.46. The molecule has 0 fully saturated rings. The van der Waals surface area contributed by atoms with Crippen LogP contribution in [-0.2, 0) is 12.8 Å². The summed E-state index contributed by atoms with van der Waals surface area (Å²) in [5.74, 6) is 6.39. The molecule has 3 N–H and O–H groups in total. The lowest BCUT2D eigenvalue weighted by atomic mass is 10.0. The number of nitrogen functional groups attached to an aromatic ring is 1. The maximum Gasteiger partial charge on any atom is 0.122 e. The number of nitrogens with zero attached hydrogens (tertiary/aromatic N) is 1. The number of hydrogen-bond acceptors (Lipinski definition) is 5. The quantitative estimate of drug-likeness (QED) is 0.443. The van der Waals surface area contributed by atoms with Gasteiger partial charge in [0, 0.05) is 11.1 Å².